The zero-order valence-corrected chi connectivity index (χ0v) is 14.7. The van der Waals surface area contributed by atoms with E-state index >= 15 is 0 Å². The van der Waals surface area contributed by atoms with Crippen molar-refractivity contribution in [3.05, 3.63) is 18.3 Å². The number of likely N-dealkylation sites (tertiary alicyclic amines) is 1. The molecule has 0 bridgehead atoms. The number of aromatic nitrogens is 1. The van der Waals surface area contributed by atoms with Crippen molar-refractivity contribution in [3.63, 3.8) is 0 Å². The van der Waals surface area contributed by atoms with Gasteiger partial charge in [0.15, 0.2) is 5.82 Å². The number of rotatable bonds is 4. The van der Waals surface area contributed by atoms with E-state index in [1.54, 1.807) is 18.0 Å². The van der Waals surface area contributed by atoms with E-state index in [1.807, 2.05) is 12.1 Å². The van der Waals surface area contributed by atoms with Gasteiger partial charge in [-0.1, -0.05) is 0 Å². The normalized spacial score (nSPS) is 20.4. The molecule has 1 aromatic rings. The number of anilines is 2. The van der Waals surface area contributed by atoms with E-state index in [-0.39, 0.29) is 17.9 Å². The fourth-order valence-electron chi connectivity index (χ4n) is 3.48. The first-order valence-corrected chi connectivity index (χ1v) is 9.11. The molecule has 2 aliphatic rings. The molecule has 2 fully saturated rings. The van der Waals surface area contributed by atoms with Crippen LogP contribution in [0.3, 0.4) is 0 Å². The smallest absolute Gasteiger partial charge is 0.321 e. The fraction of sp³-hybridized carbons (Fsp3) is 0.611. The Morgan fingerprint density at radius 3 is 2.84 bits per heavy atom. The molecule has 1 atom stereocenters. The van der Waals surface area contributed by atoms with Crippen LogP contribution >= 0.6 is 0 Å². The second-order valence-corrected chi connectivity index (χ2v) is 6.54. The topological polar surface area (TPSA) is 74.8 Å². The quantitative estimate of drug-likeness (QED) is 0.848. The highest BCUT2D eigenvalue weighted by Gasteiger charge is 2.30. The minimum Gasteiger partial charge on any atom is -0.466 e. The summed E-state index contributed by atoms with van der Waals surface area (Å²) in [6.45, 7) is 5.16. The molecule has 0 unspecified atom stereocenters. The minimum absolute atomic E-state index is 0.178. The number of esters is 1. The van der Waals surface area contributed by atoms with Gasteiger partial charge >= 0.3 is 12.0 Å². The third kappa shape index (κ3) is 4.21. The van der Waals surface area contributed by atoms with Gasteiger partial charge in [-0.2, -0.15) is 0 Å². The fourth-order valence-corrected chi connectivity index (χ4v) is 3.48. The zero-order valence-electron chi connectivity index (χ0n) is 14.7. The van der Waals surface area contributed by atoms with Crippen molar-refractivity contribution in [3.8, 4) is 0 Å². The van der Waals surface area contributed by atoms with E-state index in [4.69, 9.17) is 4.74 Å². The summed E-state index contributed by atoms with van der Waals surface area (Å²) in [6, 6.07) is 3.53. The third-order valence-corrected chi connectivity index (χ3v) is 4.76. The lowest BCUT2D eigenvalue weighted by Gasteiger charge is -2.32. The Labute approximate surface area is 148 Å². The lowest BCUT2D eigenvalue weighted by molar-refractivity contribution is -0.149. The minimum atomic E-state index is -0.230. The molecular weight excluding hydrogens is 320 g/mol. The lowest BCUT2D eigenvalue weighted by Crippen LogP contribution is -2.44. The Kier molecular flexibility index (Phi) is 5.73. The zero-order chi connectivity index (χ0) is 17.6. The molecular formula is C18H26N4O3. The van der Waals surface area contributed by atoms with Gasteiger partial charge in [-0.05, 0) is 44.7 Å². The summed E-state index contributed by atoms with van der Waals surface area (Å²) in [5.41, 5.74) is 0.729. The number of carbonyl (C=O) groups excluding carboxylic acids is 2. The first-order chi connectivity index (χ1) is 12.2. The van der Waals surface area contributed by atoms with Crippen molar-refractivity contribution in [2.75, 3.05) is 43.0 Å². The number of piperidine rings is 1. The summed E-state index contributed by atoms with van der Waals surface area (Å²) >= 11 is 0. The highest BCUT2D eigenvalue weighted by molar-refractivity contribution is 5.92. The van der Waals surface area contributed by atoms with Crippen molar-refractivity contribution in [2.24, 2.45) is 5.92 Å². The molecule has 136 valence electrons. The standard InChI is InChI=1S/C18H26N4O3/c1-2-25-17(23)14-7-6-12-22(13-14)18(24)20-15-8-5-9-19-16(15)21-10-3-4-11-21/h5,8-9,14H,2-4,6-7,10-13H2,1H3,(H,20,24)/t14-/m0/s1. The summed E-state index contributed by atoms with van der Waals surface area (Å²) in [4.78, 5) is 33.0. The highest BCUT2D eigenvalue weighted by Crippen LogP contribution is 2.27. The first kappa shape index (κ1) is 17.5. The van der Waals surface area contributed by atoms with Crippen LogP contribution in [-0.2, 0) is 9.53 Å². The van der Waals surface area contributed by atoms with E-state index in [1.165, 1.54) is 0 Å². The molecule has 3 heterocycles. The van der Waals surface area contributed by atoms with Gasteiger partial charge in [0.1, 0.15) is 0 Å². The second-order valence-electron chi connectivity index (χ2n) is 6.54. The molecule has 7 heteroatoms. The molecule has 0 saturated carbocycles. The summed E-state index contributed by atoms with van der Waals surface area (Å²) in [6.07, 6.45) is 5.63. The number of pyridine rings is 1. The van der Waals surface area contributed by atoms with Crippen molar-refractivity contribution in [1.29, 1.82) is 0 Å². The summed E-state index contributed by atoms with van der Waals surface area (Å²) in [7, 11) is 0. The number of carbonyl (C=O) groups is 2. The largest absolute Gasteiger partial charge is 0.466 e. The molecule has 0 radical (unpaired) electrons. The van der Waals surface area contributed by atoms with Crippen LogP contribution in [0.15, 0.2) is 18.3 Å². The lowest BCUT2D eigenvalue weighted by atomic mass is 9.98. The molecule has 2 aliphatic heterocycles. The van der Waals surface area contributed by atoms with Crippen molar-refractivity contribution in [2.45, 2.75) is 32.6 Å². The molecule has 2 saturated heterocycles. The van der Waals surface area contributed by atoms with Gasteiger partial charge in [0.05, 0.1) is 18.2 Å². The van der Waals surface area contributed by atoms with Crippen molar-refractivity contribution >= 4 is 23.5 Å². The molecule has 0 aromatic carbocycles. The van der Waals surface area contributed by atoms with E-state index in [9.17, 15) is 9.59 Å². The summed E-state index contributed by atoms with van der Waals surface area (Å²) in [5, 5.41) is 2.98. The Morgan fingerprint density at radius 1 is 1.28 bits per heavy atom. The van der Waals surface area contributed by atoms with Gasteiger partial charge in [0.25, 0.3) is 0 Å². The third-order valence-electron chi connectivity index (χ3n) is 4.76. The molecule has 1 N–H and O–H groups in total. The number of hydrogen-bond acceptors (Lipinski definition) is 5. The Morgan fingerprint density at radius 2 is 2.08 bits per heavy atom. The predicted octanol–water partition coefficient (Wildman–Crippen LogP) is 2.49. The second kappa shape index (κ2) is 8.18. The molecule has 3 rings (SSSR count). The van der Waals surface area contributed by atoms with Gasteiger partial charge in [-0.25, -0.2) is 9.78 Å². The molecule has 0 spiro atoms. The van der Waals surface area contributed by atoms with Crippen LogP contribution in [0.25, 0.3) is 0 Å². The summed E-state index contributed by atoms with van der Waals surface area (Å²) < 4.78 is 5.10. The van der Waals surface area contributed by atoms with Crippen LogP contribution in [-0.4, -0.2) is 54.7 Å². The van der Waals surface area contributed by atoms with E-state index in [0.29, 0.717) is 19.7 Å². The van der Waals surface area contributed by atoms with Crippen LogP contribution in [0.5, 0.6) is 0 Å². The molecule has 1 aromatic heterocycles. The van der Waals surface area contributed by atoms with Crippen LogP contribution in [0, 0.1) is 5.92 Å². The maximum atomic E-state index is 12.7. The number of amides is 2. The van der Waals surface area contributed by atoms with Gasteiger partial charge in [-0.3, -0.25) is 4.79 Å². The van der Waals surface area contributed by atoms with Crippen LogP contribution < -0.4 is 10.2 Å². The van der Waals surface area contributed by atoms with Crippen molar-refractivity contribution in [1.82, 2.24) is 9.88 Å². The average molecular weight is 346 g/mol. The number of ether oxygens (including phenoxy) is 1. The molecule has 2 amide bonds. The molecule has 7 nitrogen and oxygen atoms in total. The number of hydrogen-bond donors (Lipinski definition) is 1. The SMILES string of the molecule is CCOC(=O)[C@H]1CCCN(C(=O)Nc2cccnc2N2CCCC2)C1. The van der Waals surface area contributed by atoms with Gasteiger partial charge < -0.3 is 19.9 Å². The monoisotopic (exact) mass is 346 g/mol. The first-order valence-electron chi connectivity index (χ1n) is 9.11. The number of nitrogens with zero attached hydrogens (tertiary/aromatic N) is 3. The number of urea groups is 1. The Bertz CT molecular complexity index is 616. The summed E-state index contributed by atoms with van der Waals surface area (Å²) in [5.74, 6) is 0.387. The Balaban J connectivity index is 1.65. The molecule has 25 heavy (non-hydrogen) atoms. The van der Waals surface area contributed by atoms with Gasteiger partial charge in [0, 0.05) is 32.4 Å². The van der Waals surface area contributed by atoms with E-state index < -0.39 is 0 Å². The average Bonchev–Trinajstić information content (AvgIpc) is 3.17. The van der Waals surface area contributed by atoms with E-state index in [2.05, 4.69) is 15.2 Å². The van der Waals surface area contributed by atoms with Crippen LogP contribution in [0.2, 0.25) is 0 Å². The van der Waals surface area contributed by atoms with E-state index in [0.717, 1.165) is 50.3 Å². The maximum Gasteiger partial charge on any atom is 0.321 e. The predicted molar refractivity (Wildman–Crippen MR) is 95.6 cm³/mol. The van der Waals surface area contributed by atoms with Gasteiger partial charge in [0.2, 0.25) is 0 Å². The van der Waals surface area contributed by atoms with Crippen LogP contribution in [0.1, 0.15) is 32.6 Å². The van der Waals surface area contributed by atoms with Crippen LogP contribution in [0.4, 0.5) is 16.3 Å². The maximum absolute atomic E-state index is 12.7. The highest BCUT2D eigenvalue weighted by atomic mass is 16.5. The Hall–Kier alpha value is -2.31. The van der Waals surface area contributed by atoms with Gasteiger partial charge in [-0.15, -0.1) is 0 Å². The number of nitrogens with one attached hydrogen (secondary N) is 1. The van der Waals surface area contributed by atoms with Crippen molar-refractivity contribution < 1.29 is 14.3 Å². The molecule has 0 aliphatic carbocycles.